The fraction of sp³-hybridized carbons (Fsp3) is 0.269. The Balaban J connectivity index is 1.31. The number of aromatic amines is 1. The minimum absolute atomic E-state index is 0.179. The Labute approximate surface area is 197 Å². The molecule has 0 spiro atoms. The lowest BCUT2D eigenvalue weighted by Gasteiger charge is -2.26. The summed E-state index contributed by atoms with van der Waals surface area (Å²) in [5, 5.41) is 20.4. The number of aromatic nitrogens is 1. The summed E-state index contributed by atoms with van der Waals surface area (Å²) in [7, 11) is 0. The molecule has 1 atom stereocenters. The standard InChI is InChI=1S/C26H26FN5S/c1-15-3-8-20(27)24-23(15)19(16(2)32-24)10-12-29-26-25-21(30-14-31-26)13-22(33-25)18-6-4-17(5-7-18)9-11-28/h3-8,13,21,29-32H,9-10,12,14H2,1-2H3. The van der Waals surface area contributed by atoms with Crippen LogP contribution in [0.1, 0.15) is 27.9 Å². The zero-order chi connectivity index (χ0) is 22.9. The molecule has 0 fully saturated rings. The van der Waals surface area contributed by atoms with Crippen molar-refractivity contribution < 1.29 is 4.39 Å². The van der Waals surface area contributed by atoms with Crippen LogP contribution in [0.5, 0.6) is 0 Å². The van der Waals surface area contributed by atoms with Gasteiger partial charge in [-0.1, -0.05) is 42.1 Å². The van der Waals surface area contributed by atoms with Crippen LogP contribution in [0, 0.1) is 31.0 Å². The van der Waals surface area contributed by atoms with E-state index in [-0.39, 0.29) is 11.9 Å². The summed E-state index contributed by atoms with van der Waals surface area (Å²) in [5.74, 6) is 0.851. The maximum absolute atomic E-state index is 14.3. The van der Waals surface area contributed by atoms with Crippen LogP contribution < -0.4 is 16.0 Å². The first-order valence-corrected chi connectivity index (χ1v) is 11.9. The van der Waals surface area contributed by atoms with E-state index in [4.69, 9.17) is 5.26 Å². The van der Waals surface area contributed by atoms with Crippen molar-refractivity contribution in [2.24, 2.45) is 0 Å². The predicted octanol–water partition coefficient (Wildman–Crippen LogP) is 4.60. The van der Waals surface area contributed by atoms with E-state index in [0.29, 0.717) is 18.6 Å². The highest BCUT2D eigenvalue weighted by molar-refractivity contribution is 8.12. The van der Waals surface area contributed by atoms with Gasteiger partial charge in [0.15, 0.2) is 0 Å². The van der Waals surface area contributed by atoms with Crippen LogP contribution >= 0.6 is 11.8 Å². The molecule has 5 nitrogen and oxygen atoms in total. The summed E-state index contributed by atoms with van der Waals surface area (Å²) < 4.78 is 14.3. The monoisotopic (exact) mass is 459 g/mol. The minimum Gasteiger partial charge on any atom is -0.371 e. The molecule has 2 aliphatic rings. The molecule has 3 aromatic rings. The predicted molar refractivity (Wildman–Crippen MR) is 133 cm³/mol. The molecule has 2 aromatic carbocycles. The Bertz CT molecular complexity index is 1310. The fourth-order valence-corrected chi connectivity index (χ4v) is 5.81. The van der Waals surface area contributed by atoms with Crippen molar-refractivity contribution in [3.8, 4) is 6.07 Å². The Morgan fingerprint density at radius 1 is 1.18 bits per heavy atom. The topological polar surface area (TPSA) is 75.7 Å². The highest BCUT2D eigenvalue weighted by Crippen LogP contribution is 2.43. The first kappa shape index (κ1) is 21.6. The average molecular weight is 460 g/mol. The van der Waals surface area contributed by atoms with Crippen LogP contribution in [0.4, 0.5) is 4.39 Å². The lowest BCUT2D eigenvalue weighted by molar-refractivity contribution is 0.542. The van der Waals surface area contributed by atoms with Gasteiger partial charge in [-0.2, -0.15) is 5.26 Å². The molecule has 0 saturated carbocycles. The summed E-state index contributed by atoms with van der Waals surface area (Å²) in [6.45, 7) is 5.49. The van der Waals surface area contributed by atoms with Crippen LogP contribution in [0.15, 0.2) is 53.2 Å². The summed E-state index contributed by atoms with van der Waals surface area (Å²) >= 11 is 1.77. The summed E-state index contributed by atoms with van der Waals surface area (Å²) in [5.41, 5.74) is 6.08. The first-order chi connectivity index (χ1) is 16.0. The Kier molecular flexibility index (Phi) is 5.88. The molecule has 0 aliphatic carbocycles. The van der Waals surface area contributed by atoms with E-state index >= 15 is 0 Å². The van der Waals surface area contributed by atoms with Gasteiger partial charge in [0.25, 0.3) is 0 Å². The zero-order valence-electron chi connectivity index (χ0n) is 18.7. The molecule has 0 amide bonds. The van der Waals surface area contributed by atoms with Crippen LogP contribution in [0.2, 0.25) is 0 Å². The van der Waals surface area contributed by atoms with E-state index in [1.807, 2.05) is 32.0 Å². The Hall–Kier alpha value is -3.21. The molecule has 4 N–H and O–H groups in total. The van der Waals surface area contributed by atoms with E-state index in [1.165, 1.54) is 21.4 Å². The van der Waals surface area contributed by atoms with Gasteiger partial charge >= 0.3 is 0 Å². The molecule has 7 heteroatoms. The van der Waals surface area contributed by atoms with Crippen molar-refractivity contribution in [3.63, 3.8) is 0 Å². The highest BCUT2D eigenvalue weighted by Gasteiger charge is 2.29. The molecule has 0 radical (unpaired) electrons. The molecule has 1 aromatic heterocycles. The zero-order valence-corrected chi connectivity index (χ0v) is 19.5. The average Bonchev–Trinajstić information content (AvgIpc) is 3.40. The van der Waals surface area contributed by atoms with Crippen molar-refractivity contribution >= 4 is 27.6 Å². The van der Waals surface area contributed by atoms with Gasteiger partial charge in [0, 0.05) is 22.5 Å². The van der Waals surface area contributed by atoms with Crippen LogP contribution in [0.25, 0.3) is 15.8 Å². The SMILES string of the molecule is Cc1[nH]c2c(F)ccc(C)c2c1CCNC1=C2SC(c3ccc(CC#N)cc3)=CC2NCN1. The van der Waals surface area contributed by atoms with Crippen molar-refractivity contribution in [1.29, 1.82) is 5.26 Å². The van der Waals surface area contributed by atoms with Crippen molar-refractivity contribution in [3.05, 3.63) is 87.0 Å². The number of thioether (sulfide) groups is 1. The molecule has 5 rings (SSSR count). The van der Waals surface area contributed by atoms with Gasteiger partial charge < -0.3 is 15.6 Å². The maximum Gasteiger partial charge on any atom is 0.147 e. The lowest BCUT2D eigenvalue weighted by Crippen LogP contribution is -2.45. The molecule has 0 saturated heterocycles. The third-order valence-electron chi connectivity index (χ3n) is 6.28. The van der Waals surface area contributed by atoms with Gasteiger partial charge in [0.1, 0.15) is 11.6 Å². The second kappa shape index (κ2) is 8.97. The van der Waals surface area contributed by atoms with Crippen molar-refractivity contribution in [2.75, 3.05) is 13.2 Å². The van der Waals surface area contributed by atoms with Crippen LogP contribution in [-0.4, -0.2) is 24.2 Å². The number of hydrogen-bond donors (Lipinski definition) is 4. The Morgan fingerprint density at radius 2 is 2.00 bits per heavy atom. The summed E-state index contributed by atoms with van der Waals surface area (Å²) in [4.78, 5) is 5.67. The second-order valence-corrected chi connectivity index (χ2v) is 9.54. The third-order valence-corrected chi connectivity index (χ3v) is 7.55. The number of hydrogen-bond acceptors (Lipinski definition) is 5. The van der Waals surface area contributed by atoms with E-state index in [9.17, 15) is 4.39 Å². The third kappa shape index (κ3) is 4.12. The van der Waals surface area contributed by atoms with Gasteiger partial charge in [-0.05, 0) is 54.7 Å². The molecule has 2 aliphatic heterocycles. The number of nitrogens with zero attached hydrogens (tertiary/aromatic N) is 1. The normalized spacial score (nSPS) is 17.5. The lowest BCUT2D eigenvalue weighted by atomic mass is 10.0. The molecular formula is C26H26FN5S. The smallest absolute Gasteiger partial charge is 0.147 e. The largest absolute Gasteiger partial charge is 0.371 e. The van der Waals surface area contributed by atoms with E-state index in [1.54, 1.807) is 11.8 Å². The molecule has 1 unspecified atom stereocenters. The number of nitriles is 1. The number of H-pyrrole nitrogens is 1. The fourth-order valence-electron chi connectivity index (χ4n) is 4.59. The van der Waals surface area contributed by atoms with Gasteiger partial charge in [-0.25, -0.2) is 4.39 Å². The molecule has 168 valence electrons. The van der Waals surface area contributed by atoms with E-state index < -0.39 is 0 Å². The minimum atomic E-state index is -0.202. The van der Waals surface area contributed by atoms with Crippen molar-refractivity contribution in [2.45, 2.75) is 32.7 Å². The van der Waals surface area contributed by atoms with Gasteiger partial charge in [-0.15, -0.1) is 0 Å². The number of aryl methyl sites for hydroxylation is 2. The number of rotatable bonds is 6. The van der Waals surface area contributed by atoms with Gasteiger partial charge in [0.05, 0.1) is 35.6 Å². The van der Waals surface area contributed by atoms with E-state index in [2.05, 4.69) is 45.2 Å². The highest BCUT2D eigenvalue weighted by atomic mass is 32.2. The molecule has 3 heterocycles. The number of halogens is 1. The second-order valence-electron chi connectivity index (χ2n) is 8.46. The molecule has 0 bridgehead atoms. The number of nitrogens with one attached hydrogen (secondary N) is 4. The first-order valence-electron chi connectivity index (χ1n) is 11.1. The molecule has 33 heavy (non-hydrogen) atoms. The van der Waals surface area contributed by atoms with E-state index in [0.717, 1.165) is 46.6 Å². The molecular weight excluding hydrogens is 433 g/mol. The van der Waals surface area contributed by atoms with Crippen molar-refractivity contribution in [1.82, 2.24) is 20.9 Å². The van der Waals surface area contributed by atoms with Crippen LogP contribution in [-0.2, 0) is 12.8 Å². The van der Waals surface area contributed by atoms with Gasteiger partial charge in [-0.3, -0.25) is 5.32 Å². The maximum atomic E-state index is 14.3. The number of benzene rings is 2. The Morgan fingerprint density at radius 3 is 2.79 bits per heavy atom. The quantitative estimate of drug-likeness (QED) is 0.434. The number of fused-ring (bicyclic) bond motifs is 2. The van der Waals surface area contributed by atoms with Crippen LogP contribution in [0.3, 0.4) is 0 Å². The van der Waals surface area contributed by atoms with Gasteiger partial charge in [0.2, 0.25) is 0 Å². The summed E-state index contributed by atoms with van der Waals surface area (Å²) in [6.07, 6.45) is 3.50. The summed E-state index contributed by atoms with van der Waals surface area (Å²) in [6, 6.07) is 14.0.